The number of nitrogens with two attached hydrogens (primary N) is 1. The Hall–Kier alpha value is -2.82. The molecule has 0 aliphatic rings. The highest BCUT2D eigenvalue weighted by Crippen LogP contribution is 2.22. The molecule has 0 unspecified atom stereocenters. The molecular weight excluding hydrogens is 264 g/mol. The minimum Gasteiger partial charge on any atom is -0.398 e. The molecule has 1 heterocycles. The Morgan fingerprint density at radius 2 is 1.81 bits per heavy atom. The van der Waals surface area contributed by atoms with Gasteiger partial charge in [0.25, 0.3) is 0 Å². The molecule has 0 saturated carbocycles. The molecule has 0 atom stereocenters. The van der Waals surface area contributed by atoms with Crippen molar-refractivity contribution in [2.24, 2.45) is 12.0 Å². The van der Waals surface area contributed by atoms with Crippen molar-refractivity contribution in [3.8, 4) is 5.69 Å². The number of hydrogen-bond acceptors (Lipinski definition) is 3. The Kier molecular flexibility index (Phi) is 3.10. The maximum Gasteiger partial charge on any atom is 0.333 e. The molecule has 3 rings (SSSR count). The molecule has 0 bridgehead atoms. The Labute approximate surface area is 122 Å². The molecule has 0 saturated heterocycles. The fourth-order valence-electron chi connectivity index (χ4n) is 2.56. The number of hydrogen-bond donors (Lipinski definition) is 1. The summed E-state index contributed by atoms with van der Waals surface area (Å²) < 4.78 is 3.30. The van der Waals surface area contributed by atoms with Crippen LogP contribution >= 0.6 is 0 Å². The van der Waals surface area contributed by atoms with Crippen LogP contribution in [0.2, 0.25) is 0 Å². The first-order valence-corrected chi connectivity index (χ1v) is 6.62. The number of aryl methyl sites for hydroxylation is 1. The molecule has 21 heavy (non-hydrogen) atoms. The Morgan fingerprint density at radius 3 is 2.52 bits per heavy atom. The summed E-state index contributed by atoms with van der Waals surface area (Å²) in [6.07, 6.45) is 1.68. The van der Waals surface area contributed by atoms with Gasteiger partial charge in [-0.25, -0.2) is 4.79 Å². The van der Waals surface area contributed by atoms with E-state index >= 15 is 0 Å². The lowest BCUT2D eigenvalue weighted by atomic mass is 10.1. The van der Waals surface area contributed by atoms with Crippen molar-refractivity contribution >= 4 is 22.9 Å². The van der Waals surface area contributed by atoms with Gasteiger partial charge in [-0.3, -0.25) is 14.1 Å². The lowest BCUT2D eigenvalue weighted by Crippen LogP contribution is -2.22. The van der Waals surface area contributed by atoms with Crippen LogP contribution in [-0.2, 0) is 7.05 Å². The first-order chi connectivity index (χ1) is 10.1. The average Bonchev–Trinajstić information content (AvgIpc) is 2.74. The van der Waals surface area contributed by atoms with Crippen LogP contribution in [0.1, 0.15) is 5.56 Å². The van der Waals surface area contributed by atoms with E-state index < -0.39 is 0 Å². The van der Waals surface area contributed by atoms with Crippen LogP contribution in [0.5, 0.6) is 0 Å². The van der Waals surface area contributed by atoms with Crippen LogP contribution in [0.3, 0.4) is 0 Å². The highest BCUT2D eigenvalue weighted by Gasteiger charge is 2.15. The zero-order valence-corrected chi connectivity index (χ0v) is 11.9. The van der Waals surface area contributed by atoms with Crippen molar-refractivity contribution in [3.05, 3.63) is 58.5 Å². The number of imidazole rings is 1. The zero-order valence-electron chi connectivity index (χ0n) is 11.9. The van der Waals surface area contributed by atoms with Crippen LogP contribution < -0.4 is 11.4 Å². The highest BCUT2D eigenvalue weighted by molar-refractivity contribution is 5.93. The van der Waals surface area contributed by atoms with E-state index in [0.29, 0.717) is 5.69 Å². The SMILES string of the molecule is CN=Cc1c(N)cccc1-n1c(=O)n(C)c2ccccc21. The second-order valence-corrected chi connectivity index (χ2v) is 4.83. The van der Waals surface area contributed by atoms with Gasteiger partial charge in [0, 0.05) is 31.6 Å². The van der Waals surface area contributed by atoms with Gasteiger partial charge in [0.15, 0.2) is 0 Å². The number of aliphatic imine (C=N–C) groups is 1. The van der Waals surface area contributed by atoms with Gasteiger partial charge in [-0.1, -0.05) is 18.2 Å². The summed E-state index contributed by atoms with van der Waals surface area (Å²) in [5.74, 6) is 0. The third-order valence-corrected chi connectivity index (χ3v) is 3.58. The lowest BCUT2D eigenvalue weighted by Gasteiger charge is -2.09. The summed E-state index contributed by atoms with van der Waals surface area (Å²) in [5, 5.41) is 0. The van der Waals surface area contributed by atoms with Gasteiger partial charge in [-0.2, -0.15) is 0 Å². The molecule has 2 N–H and O–H groups in total. The minimum atomic E-state index is -0.104. The molecule has 106 valence electrons. The summed E-state index contributed by atoms with van der Waals surface area (Å²) in [5.41, 5.74) is 9.74. The second kappa shape index (κ2) is 4.94. The number of aromatic nitrogens is 2. The first-order valence-electron chi connectivity index (χ1n) is 6.62. The zero-order chi connectivity index (χ0) is 15.0. The Bertz CT molecular complexity index is 902. The summed E-state index contributed by atoms with van der Waals surface area (Å²) in [6.45, 7) is 0. The van der Waals surface area contributed by atoms with Crippen LogP contribution in [0.15, 0.2) is 52.3 Å². The van der Waals surface area contributed by atoms with Gasteiger partial charge in [0.1, 0.15) is 0 Å². The highest BCUT2D eigenvalue weighted by atomic mass is 16.1. The normalized spacial score (nSPS) is 11.5. The number of anilines is 1. The molecule has 0 fully saturated rings. The Balaban J connectivity index is 2.45. The fraction of sp³-hybridized carbons (Fsp3) is 0.125. The van der Waals surface area contributed by atoms with Crippen LogP contribution in [0.25, 0.3) is 16.7 Å². The van der Waals surface area contributed by atoms with E-state index in [4.69, 9.17) is 5.73 Å². The van der Waals surface area contributed by atoms with Crippen molar-refractivity contribution < 1.29 is 0 Å². The molecule has 0 radical (unpaired) electrons. The van der Waals surface area contributed by atoms with Gasteiger partial charge in [-0.05, 0) is 24.3 Å². The monoisotopic (exact) mass is 280 g/mol. The van der Waals surface area contributed by atoms with Crippen LogP contribution in [0, 0.1) is 0 Å². The van der Waals surface area contributed by atoms with Crippen LogP contribution in [-0.4, -0.2) is 22.4 Å². The first kappa shape index (κ1) is 13.2. The van der Waals surface area contributed by atoms with E-state index in [1.807, 2.05) is 36.4 Å². The molecule has 0 amide bonds. The predicted molar refractivity (Wildman–Crippen MR) is 86.4 cm³/mol. The van der Waals surface area contributed by atoms with E-state index in [9.17, 15) is 4.79 Å². The maximum absolute atomic E-state index is 12.6. The van der Waals surface area contributed by atoms with Crippen molar-refractivity contribution in [2.75, 3.05) is 12.8 Å². The van der Waals surface area contributed by atoms with Gasteiger partial charge < -0.3 is 5.73 Å². The predicted octanol–water partition coefficient (Wildman–Crippen LogP) is 1.96. The topological polar surface area (TPSA) is 65.3 Å². The Morgan fingerprint density at radius 1 is 1.10 bits per heavy atom. The van der Waals surface area contributed by atoms with E-state index in [2.05, 4.69) is 4.99 Å². The van der Waals surface area contributed by atoms with Crippen molar-refractivity contribution in [1.82, 2.24) is 9.13 Å². The number of para-hydroxylation sites is 2. The van der Waals surface area contributed by atoms with Crippen molar-refractivity contribution in [3.63, 3.8) is 0 Å². The number of fused-ring (bicyclic) bond motifs is 1. The minimum absolute atomic E-state index is 0.104. The quantitative estimate of drug-likeness (QED) is 0.576. The van der Waals surface area contributed by atoms with Crippen molar-refractivity contribution in [2.45, 2.75) is 0 Å². The third kappa shape index (κ3) is 1.94. The van der Waals surface area contributed by atoms with Gasteiger partial charge in [0.05, 0.1) is 16.7 Å². The summed E-state index contributed by atoms with van der Waals surface area (Å²) in [4.78, 5) is 16.6. The van der Waals surface area contributed by atoms with E-state index in [1.54, 1.807) is 35.5 Å². The number of benzene rings is 2. The molecule has 0 spiro atoms. The fourth-order valence-corrected chi connectivity index (χ4v) is 2.56. The molecule has 5 heteroatoms. The molecule has 3 aromatic rings. The van der Waals surface area contributed by atoms with E-state index in [0.717, 1.165) is 22.3 Å². The number of nitrogen functional groups attached to an aromatic ring is 1. The van der Waals surface area contributed by atoms with E-state index in [1.165, 1.54) is 0 Å². The standard InChI is InChI=1S/C16H16N4O/c1-18-10-11-12(17)6-5-9-13(11)20-15-8-4-3-7-14(15)19(2)16(20)21/h3-10H,17H2,1-2H3. The van der Waals surface area contributed by atoms with Crippen LogP contribution in [0.4, 0.5) is 5.69 Å². The van der Waals surface area contributed by atoms with Gasteiger partial charge >= 0.3 is 5.69 Å². The van der Waals surface area contributed by atoms with Gasteiger partial charge in [-0.15, -0.1) is 0 Å². The number of nitrogens with zero attached hydrogens (tertiary/aromatic N) is 3. The molecular formula is C16H16N4O. The molecule has 5 nitrogen and oxygen atoms in total. The second-order valence-electron chi connectivity index (χ2n) is 4.83. The average molecular weight is 280 g/mol. The molecule has 2 aromatic carbocycles. The van der Waals surface area contributed by atoms with Gasteiger partial charge in [0.2, 0.25) is 0 Å². The summed E-state index contributed by atoms with van der Waals surface area (Å²) in [6, 6.07) is 13.2. The third-order valence-electron chi connectivity index (χ3n) is 3.58. The lowest BCUT2D eigenvalue weighted by molar-refractivity contribution is 0.846. The number of rotatable bonds is 2. The molecule has 1 aromatic heterocycles. The maximum atomic E-state index is 12.6. The summed E-state index contributed by atoms with van der Waals surface area (Å²) >= 11 is 0. The largest absolute Gasteiger partial charge is 0.398 e. The van der Waals surface area contributed by atoms with Crippen molar-refractivity contribution in [1.29, 1.82) is 0 Å². The molecule has 0 aliphatic heterocycles. The summed E-state index contributed by atoms with van der Waals surface area (Å²) in [7, 11) is 3.45. The smallest absolute Gasteiger partial charge is 0.333 e. The molecule has 0 aliphatic carbocycles. The van der Waals surface area contributed by atoms with E-state index in [-0.39, 0.29) is 5.69 Å².